The molecule has 0 aliphatic carbocycles. The van der Waals surface area contributed by atoms with Crippen LogP contribution in [0.1, 0.15) is 0 Å². The lowest BCUT2D eigenvalue weighted by atomic mass is 9.98. The smallest absolute Gasteiger partial charge is 0.137 e. The van der Waals surface area contributed by atoms with Crippen molar-refractivity contribution >= 4 is 65.6 Å². The molecule has 0 N–H and O–H groups in total. The van der Waals surface area contributed by atoms with E-state index in [0.717, 1.165) is 38.9 Å². The molecule has 238 valence electrons. The van der Waals surface area contributed by atoms with Crippen molar-refractivity contribution in [1.29, 1.82) is 0 Å². The Morgan fingerprint density at radius 3 is 1.65 bits per heavy atom. The molecule has 0 saturated heterocycles. The van der Waals surface area contributed by atoms with Crippen LogP contribution in [0.15, 0.2) is 186 Å². The Morgan fingerprint density at radius 1 is 0.333 bits per heavy atom. The zero-order chi connectivity index (χ0) is 33.5. The largest absolute Gasteiger partial charge is 0.456 e. The first-order chi connectivity index (χ1) is 25.3. The molecule has 0 radical (unpaired) electrons. The average molecular weight is 651 g/mol. The Kier molecular flexibility index (Phi) is 5.96. The fourth-order valence-corrected chi connectivity index (χ4v) is 8.28. The first-order valence-electron chi connectivity index (χ1n) is 17.4. The maximum atomic E-state index is 6.61. The summed E-state index contributed by atoms with van der Waals surface area (Å²) in [4.78, 5) is 0. The van der Waals surface area contributed by atoms with E-state index in [9.17, 15) is 0 Å². The summed E-state index contributed by atoms with van der Waals surface area (Å²) in [6, 6.07) is 65.4. The SMILES string of the molecule is c1ccc(-c2cccc(-c3ccc4oc5cccc(-n6c7ccccc7c7ccc8c9ccccc9n(-c9ccccc9)c8c76)c5c4c3)c2)cc1. The molecule has 0 atom stereocenters. The van der Waals surface area contributed by atoms with Gasteiger partial charge in [0.15, 0.2) is 0 Å². The van der Waals surface area contributed by atoms with Crippen LogP contribution in [0, 0.1) is 0 Å². The summed E-state index contributed by atoms with van der Waals surface area (Å²) in [6.07, 6.45) is 0. The maximum Gasteiger partial charge on any atom is 0.137 e. The summed E-state index contributed by atoms with van der Waals surface area (Å²) in [5.74, 6) is 0. The fraction of sp³-hybridized carbons (Fsp3) is 0. The van der Waals surface area contributed by atoms with Gasteiger partial charge in [0, 0.05) is 32.6 Å². The molecule has 3 heteroatoms. The van der Waals surface area contributed by atoms with Crippen LogP contribution in [0.3, 0.4) is 0 Å². The number of benzene rings is 8. The van der Waals surface area contributed by atoms with Gasteiger partial charge in [0.25, 0.3) is 0 Å². The van der Waals surface area contributed by atoms with Crippen molar-refractivity contribution in [2.75, 3.05) is 0 Å². The van der Waals surface area contributed by atoms with Crippen molar-refractivity contribution < 1.29 is 4.42 Å². The van der Waals surface area contributed by atoms with E-state index in [-0.39, 0.29) is 0 Å². The van der Waals surface area contributed by atoms with Crippen molar-refractivity contribution in [3.05, 3.63) is 182 Å². The maximum absolute atomic E-state index is 6.61. The molecule has 0 fully saturated rings. The van der Waals surface area contributed by atoms with Gasteiger partial charge in [-0.05, 0) is 76.9 Å². The third kappa shape index (κ3) is 4.12. The van der Waals surface area contributed by atoms with E-state index in [1.165, 1.54) is 60.3 Å². The molecule has 3 heterocycles. The van der Waals surface area contributed by atoms with Gasteiger partial charge in [0.1, 0.15) is 11.2 Å². The van der Waals surface area contributed by atoms with Crippen LogP contribution in [0.4, 0.5) is 0 Å². The van der Waals surface area contributed by atoms with Crippen molar-refractivity contribution in [2.45, 2.75) is 0 Å². The molecular formula is C48H30N2O. The number of aromatic nitrogens is 2. The molecule has 0 saturated carbocycles. The van der Waals surface area contributed by atoms with Crippen LogP contribution in [-0.2, 0) is 0 Å². The average Bonchev–Trinajstić information content (AvgIpc) is 3.86. The summed E-state index contributed by atoms with van der Waals surface area (Å²) in [5, 5.41) is 7.13. The second-order valence-corrected chi connectivity index (χ2v) is 13.3. The minimum atomic E-state index is 0.874. The van der Waals surface area contributed by atoms with Gasteiger partial charge in [-0.1, -0.05) is 127 Å². The topological polar surface area (TPSA) is 23.0 Å². The summed E-state index contributed by atoms with van der Waals surface area (Å²) < 4.78 is 11.5. The van der Waals surface area contributed by atoms with E-state index in [2.05, 4.69) is 191 Å². The van der Waals surface area contributed by atoms with Crippen molar-refractivity contribution in [3.63, 3.8) is 0 Å². The molecule has 0 amide bonds. The Bertz CT molecular complexity index is 3130. The molecule has 0 spiro atoms. The van der Waals surface area contributed by atoms with E-state index >= 15 is 0 Å². The highest BCUT2D eigenvalue weighted by molar-refractivity contribution is 6.24. The number of furan rings is 1. The molecular weight excluding hydrogens is 621 g/mol. The Balaban J connectivity index is 1.24. The number of nitrogens with zero attached hydrogens (tertiary/aromatic N) is 2. The molecule has 3 aromatic heterocycles. The molecule has 11 rings (SSSR count). The Morgan fingerprint density at radius 2 is 0.902 bits per heavy atom. The fourth-order valence-electron chi connectivity index (χ4n) is 8.28. The van der Waals surface area contributed by atoms with E-state index in [1.54, 1.807) is 0 Å². The molecule has 0 unspecified atom stereocenters. The van der Waals surface area contributed by atoms with E-state index in [0.29, 0.717) is 0 Å². The van der Waals surface area contributed by atoms with Crippen LogP contribution in [0.5, 0.6) is 0 Å². The quantitative estimate of drug-likeness (QED) is 0.186. The van der Waals surface area contributed by atoms with Gasteiger partial charge in [0.05, 0.1) is 33.1 Å². The van der Waals surface area contributed by atoms with E-state index < -0.39 is 0 Å². The number of rotatable bonds is 4. The van der Waals surface area contributed by atoms with E-state index in [1.807, 2.05) is 0 Å². The van der Waals surface area contributed by atoms with Gasteiger partial charge >= 0.3 is 0 Å². The standard InChI is InChI=1S/C48H30N2O/c1-3-13-31(14-4-1)32-15-11-16-33(29-32)34-25-28-44-40(30-34)46-43(23-12-24-45(46)51-44)50-42-22-10-8-20-37(42)39-27-26-38-36-19-7-9-21-41(36)49(47(38)48(39)50)35-17-5-2-6-18-35/h1-30H. The molecule has 0 aliphatic heterocycles. The summed E-state index contributed by atoms with van der Waals surface area (Å²) in [7, 11) is 0. The lowest BCUT2D eigenvalue weighted by molar-refractivity contribution is 0.669. The number of fused-ring (bicyclic) bond motifs is 10. The monoisotopic (exact) mass is 650 g/mol. The molecule has 0 aliphatic rings. The van der Waals surface area contributed by atoms with Crippen molar-refractivity contribution in [1.82, 2.24) is 9.13 Å². The highest BCUT2D eigenvalue weighted by Crippen LogP contribution is 2.44. The minimum Gasteiger partial charge on any atom is -0.456 e. The second kappa shape index (κ2) is 10.8. The van der Waals surface area contributed by atoms with E-state index in [4.69, 9.17) is 4.42 Å². The minimum absolute atomic E-state index is 0.874. The molecule has 0 bridgehead atoms. The van der Waals surface area contributed by atoms with Gasteiger partial charge in [-0.25, -0.2) is 0 Å². The first kappa shape index (κ1) is 28.0. The predicted molar refractivity (Wildman–Crippen MR) is 213 cm³/mol. The van der Waals surface area contributed by atoms with Gasteiger partial charge in [0.2, 0.25) is 0 Å². The lowest BCUT2D eigenvalue weighted by Crippen LogP contribution is -1.99. The third-order valence-corrected chi connectivity index (χ3v) is 10.5. The normalized spacial score (nSPS) is 11.9. The predicted octanol–water partition coefficient (Wildman–Crippen LogP) is 13.1. The van der Waals surface area contributed by atoms with Crippen LogP contribution in [0.2, 0.25) is 0 Å². The summed E-state index contributed by atoms with van der Waals surface area (Å²) in [5.41, 5.74) is 13.5. The highest BCUT2D eigenvalue weighted by Gasteiger charge is 2.23. The number of hydrogen-bond donors (Lipinski definition) is 0. The van der Waals surface area contributed by atoms with Crippen molar-refractivity contribution in [3.8, 4) is 33.6 Å². The van der Waals surface area contributed by atoms with Gasteiger partial charge in [-0.3, -0.25) is 0 Å². The molecule has 3 nitrogen and oxygen atoms in total. The van der Waals surface area contributed by atoms with Gasteiger partial charge in [-0.15, -0.1) is 0 Å². The van der Waals surface area contributed by atoms with Gasteiger partial charge in [-0.2, -0.15) is 0 Å². The summed E-state index contributed by atoms with van der Waals surface area (Å²) in [6.45, 7) is 0. The summed E-state index contributed by atoms with van der Waals surface area (Å²) >= 11 is 0. The first-order valence-corrected chi connectivity index (χ1v) is 17.4. The number of hydrogen-bond acceptors (Lipinski definition) is 1. The Hall–Kier alpha value is -6.84. The lowest BCUT2D eigenvalue weighted by Gasteiger charge is -2.13. The molecule has 8 aromatic carbocycles. The molecule has 11 aromatic rings. The van der Waals surface area contributed by atoms with Crippen LogP contribution in [-0.4, -0.2) is 9.13 Å². The zero-order valence-corrected chi connectivity index (χ0v) is 27.6. The third-order valence-electron chi connectivity index (χ3n) is 10.5. The van der Waals surface area contributed by atoms with Crippen LogP contribution in [0.25, 0.3) is 99.2 Å². The van der Waals surface area contributed by atoms with Gasteiger partial charge < -0.3 is 13.6 Å². The van der Waals surface area contributed by atoms with Crippen LogP contribution < -0.4 is 0 Å². The second-order valence-electron chi connectivity index (χ2n) is 13.3. The zero-order valence-electron chi connectivity index (χ0n) is 27.6. The Labute approximate surface area is 293 Å². The van der Waals surface area contributed by atoms with Crippen molar-refractivity contribution in [2.24, 2.45) is 0 Å². The number of para-hydroxylation sites is 3. The molecule has 51 heavy (non-hydrogen) atoms. The highest BCUT2D eigenvalue weighted by atomic mass is 16.3. The van der Waals surface area contributed by atoms with Crippen LogP contribution >= 0.6 is 0 Å².